The molecule has 0 bridgehead atoms. The van der Waals surface area contributed by atoms with E-state index in [-0.39, 0.29) is 0 Å². The summed E-state index contributed by atoms with van der Waals surface area (Å²) in [4.78, 5) is 23.6. The first-order valence-corrected chi connectivity index (χ1v) is 7.66. The Morgan fingerprint density at radius 2 is 1.95 bits per heavy atom. The largest absolute Gasteiger partial charge is 0.422 e. The first-order valence-electron chi connectivity index (χ1n) is 6.07. The highest BCUT2D eigenvalue weighted by atomic mass is 79.9. The Balaban J connectivity index is 2.68. The number of halogens is 2. The standard InChI is InChI=1S/C13H13Br2NO3/c1-2-3-4-5-16-11-9(12(17)19-13(16)18)6-8(14)7-10(11)15/h6-7H,2-5H2,1H3. The van der Waals surface area contributed by atoms with E-state index in [0.29, 0.717) is 21.9 Å². The minimum Gasteiger partial charge on any atom is -0.372 e. The average Bonchev–Trinajstić information content (AvgIpc) is 2.33. The molecule has 2 rings (SSSR count). The number of aryl methyl sites for hydroxylation is 1. The van der Waals surface area contributed by atoms with Gasteiger partial charge < -0.3 is 4.42 Å². The van der Waals surface area contributed by atoms with Crippen molar-refractivity contribution in [2.45, 2.75) is 32.7 Å². The second-order valence-electron chi connectivity index (χ2n) is 4.30. The Kier molecular flexibility index (Phi) is 4.62. The molecule has 0 unspecified atom stereocenters. The SMILES string of the molecule is CCCCCn1c(=O)oc(=O)c2cc(Br)cc(Br)c21. The van der Waals surface area contributed by atoms with E-state index in [0.717, 1.165) is 23.7 Å². The lowest BCUT2D eigenvalue weighted by Gasteiger charge is -2.10. The van der Waals surface area contributed by atoms with E-state index in [1.807, 2.05) is 6.07 Å². The van der Waals surface area contributed by atoms with Crippen LogP contribution in [0.1, 0.15) is 26.2 Å². The maximum absolute atomic E-state index is 11.8. The Morgan fingerprint density at radius 3 is 2.63 bits per heavy atom. The van der Waals surface area contributed by atoms with Gasteiger partial charge in [-0.15, -0.1) is 0 Å². The third-order valence-corrected chi connectivity index (χ3v) is 3.97. The molecule has 0 amide bonds. The first-order chi connectivity index (χ1) is 9.04. The molecular formula is C13H13Br2NO3. The van der Waals surface area contributed by atoms with E-state index in [2.05, 4.69) is 38.8 Å². The van der Waals surface area contributed by atoms with E-state index in [9.17, 15) is 9.59 Å². The van der Waals surface area contributed by atoms with Crippen LogP contribution in [0.25, 0.3) is 10.9 Å². The Bertz CT molecular complexity index is 718. The van der Waals surface area contributed by atoms with Crippen molar-refractivity contribution in [2.24, 2.45) is 0 Å². The number of rotatable bonds is 4. The predicted molar refractivity (Wildman–Crippen MR) is 81.7 cm³/mol. The number of benzene rings is 1. The molecule has 0 radical (unpaired) electrons. The van der Waals surface area contributed by atoms with Gasteiger partial charge in [0.05, 0.1) is 10.9 Å². The van der Waals surface area contributed by atoms with Gasteiger partial charge in [-0.3, -0.25) is 4.57 Å². The zero-order valence-electron chi connectivity index (χ0n) is 10.4. The third-order valence-electron chi connectivity index (χ3n) is 2.90. The van der Waals surface area contributed by atoms with Gasteiger partial charge in [-0.1, -0.05) is 35.7 Å². The highest BCUT2D eigenvalue weighted by Crippen LogP contribution is 2.26. The molecule has 1 aromatic heterocycles. The van der Waals surface area contributed by atoms with Gasteiger partial charge in [0.2, 0.25) is 0 Å². The topological polar surface area (TPSA) is 52.2 Å². The Morgan fingerprint density at radius 1 is 1.21 bits per heavy atom. The molecule has 1 heterocycles. The van der Waals surface area contributed by atoms with Gasteiger partial charge in [0, 0.05) is 15.5 Å². The molecule has 0 aliphatic carbocycles. The van der Waals surface area contributed by atoms with Gasteiger partial charge in [-0.25, -0.2) is 9.59 Å². The summed E-state index contributed by atoms with van der Waals surface area (Å²) < 4.78 is 7.76. The fourth-order valence-electron chi connectivity index (χ4n) is 2.00. The summed E-state index contributed by atoms with van der Waals surface area (Å²) in [6, 6.07) is 3.49. The van der Waals surface area contributed by atoms with Crippen LogP contribution in [-0.4, -0.2) is 4.57 Å². The zero-order chi connectivity index (χ0) is 14.0. The normalized spacial score (nSPS) is 11.1. The van der Waals surface area contributed by atoms with Crippen LogP contribution in [0.2, 0.25) is 0 Å². The molecule has 0 spiro atoms. The predicted octanol–water partition coefficient (Wildman–Crippen LogP) is 3.67. The minimum atomic E-state index is -0.603. The molecule has 0 saturated carbocycles. The molecule has 0 N–H and O–H groups in total. The van der Waals surface area contributed by atoms with Crippen LogP contribution in [0.3, 0.4) is 0 Å². The van der Waals surface area contributed by atoms with Crippen LogP contribution in [0.15, 0.2) is 35.1 Å². The molecule has 1 aromatic carbocycles. The summed E-state index contributed by atoms with van der Waals surface area (Å²) in [6.07, 6.45) is 2.97. The molecular weight excluding hydrogens is 378 g/mol. The molecule has 0 aliphatic heterocycles. The number of hydrogen-bond acceptors (Lipinski definition) is 3. The van der Waals surface area contributed by atoms with Crippen LogP contribution in [0, 0.1) is 0 Å². The molecule has 19 heavy (non-hydrogen) atoms. The van der Waals surface area contributed by atoms with Crippen molar-refractivity contribution < 1.29 is 4.42 Å². The molecule has 0 aliphatic rings. The van der Waals surface area contributed by atoms with Crippen LogP contribution >= 0.6 is 31.9 Å². The number of unbranched alkanes of at least 4 members (excludes halogenated alkanes) is 2. The number of aromatic nitrogens is 1. The first kappa shape index (κ1) is 14.5. The van der Waals surface area contributed by atoms with Crippen LogP contribution < -0.4 is 11.4 Å². The quantitative estimate of drug-likeness (QED) is 0.748. The fraction of sp³-hybridized carbons (Fsp3) is 0.385. The van der Waals surface area contributed by atoms with E-state index in [4.69, 9.17) is 4.42 Å². The molecule has 0 atom stereocenters. The monoisotopic (exact) mass is 389 g/mol. The summed E-state index contributed by atoms with van der Waals surface area (Å²) in [5.74, 6) is -0.600. The lowest BCUT2D eigenvalue weighted by atomic mass is 10.2. The number of fused-ring (bicyclic) bond motifs is 1. The maximum Gasteiger partial charge on any atom is 0.422 e. The van der Waals surface area contributed by atoms with Gasteiger partial charge in [0.15, 0.2) is 0 Å². The Labute approximate surface area is 126 Å². The van der Waals surface area contributed by atoms with Gasteiger partial charge in [-0.05, 0) is 34.5 Å². The lowest BCUT2D eigenvalue weighted by Crippen LogP contribution is -2.25. The van der Waals surface area contributed by atoms with Crippen molar-refractivity contribution in [3.63, 3.8) is 0 Å². The summed E-state index contributed by atoms with van der Waals surface area (Å²) >= 11 is 6.73. The van der Waals surface area contributed by atoms with Gasteiger partial charge in [-0.2, -0.15) is 0 Å². The molecule has 0 fully saturated rings. The van der Waals surface area contributed by atoms with Gasteiger partial charge in [0.1, 0.15) is 0 Å². The van der Waals surface area contributed by atoms with Crippen molar-refractivity contribution in [1.82, 2.24) is 4.57 Å². The van der Waals surface area contributed by atoms with Crippen molar-refractivity contribution >= 4 is 42.8 Å². The van der Waals surface area contributed by atoms with Crippen molar-refractivity contribution in [3.05, 3.63) is 42.0 Å². The van der Waals surface area contributed by atoms with E-state index >= 15 is 0 Å². The minimum absolute atomic E-state index is 0.400. The molecule has 4 nitrogen and oxygen atoms in total. The maximum atomic E-state index is 11.8. The fourth-order valence-corrected chi connectivity index (χ4v) is 3.44. The summed E-state index contributed by atoms with van der Waals surface area (Å²) in [6.45, 7) is 2.65. The van der Waals surface area contributed by atoms with Crippen molar-refractivity contribution in [3.8, 4) is 0 Å². The summed E-state index contributed by atoms with van der Waals surface area (Å²) in [5.41, 5.74) is -0.00528. The molecule has 102 valence electrons. The average molecular weight is 391 g/mol. The Hall–Kier alpha value is -0.880. The number of hydrogen-bond donors (Lipinski definition) is 0. The highest BCUT2D eigenvalue weighted by molar-refractivity contribution is 9.11. The van der Waals surface area contributed by atoms with Gasteiger partial charge in [0.25, 0.3) is 0 Å². The molecule has 2 aromatic rings. The summed E-state index contributed by atoms with van der Waals surface area (Å²) in [5, 5.41) is 0.400. The van der Waals surface area contributed by atoms with E-state index in [1.165, 1.54) is 4.57 Å². The molecule has 6 heteroatoms. The van der Waals surface area contributed by atoms with Crippen molar-refractivity contribution in [2.75, 3.05) is 0 Å². The van der Waals surface area contributed by atoms with E-state index in [1.54, 1.807) is 6.07 Å². The summed E-state index contributed by atoms with van der Waals surface area (Å²) in [7, 11) is 0. The number of nitrogens with zero attached hydrogens (tertiary/aromatic N) is 1. The van der Waals surface area contributed by atoms with Crippen LogP contribution in [0.4, 0.5) is 0 Å². The van der Waals surface area contributed by atoms with Crippen LogP contribution in [-0.2, 0) is 6.54 Å². The smallest absolute Gasteiger partial charge is 0.372 e. The van der Waals surface area contributed by atoms with Crippen LogP contribution in [0.5, 0.6) is 0 Å². The highest BCUT2D eigenvalue weighted by Gasteiger charge is 2.13. The lowest BCUT2D eigenvalue weighted by molar-refractivity contribution is 0.410. The third kappa shape index (κ3) is 3.00. The zero-order valence-corrected chi connectivity index (χ0v) is 13.6. The second kappa shape index (κ2) is 6.05. The van der Waals surface area contributed by atoms with E-state index < -0.39 is 11.4 Å². The second-order valence-corrected chi connectivity index (χ2v) is 6.07. The molecule has 0 saturated heterocycles. The van der Waals surface area contributed by atoms with Crippen molar-refractivity contribution in [1.29, 1.82) is 0 Å². The van der Waals surface area contributed by atoms with Gasteiger partial charge >= 0.3 is 11.4 Å².